The molecule has 0 aliphatic carbocycles. The van der Waals surface area contributed by atoms with Crippen molar-refractivity contribution in [1.82, 2.24) is 9.88 Å². The lowest BCUT2D eigenvalue weighted by atomic mass is 10.00. The molecule has 4 rings (SSSR count). The van der Waals surface area contributed by atoms with Gasteiger partial charge in [-0.15, -0.1) is 0 Å². The third-order valence-electron chi connectivity index (χ3n) is 4.95. The maximum Gasteiger partial charge on any atom is 0.0644 e. The third-order valence-corrected chi connectivity index (χ3v) is 4.95. The molecule has 1 aromatic heterocycles. The topological polar surface area (TPSA) is 29.0 Å². The Hall–Kier alpha value is -2.94. The molecule has 0 spiro atoms. The molecule has 0 amide bonds. The summed E-state index contributed by atoms with van der Waals surface area (Å²) in [5.41, 5.74) is 8.16. The molecular formula is C22H23N3. The molecule has 3 aromatic rings. The van der Waals surface area contributed by atoms with Gasteiger partial charge in [-0.3, -0.25) is 0 Å². The van der Waals surface area contributed by atoms with Crippen molar-refractivity contribution >= 4 is 22.3 Å². The second-order valence-corrected chi connectivity index (χ2v) is 6.70. The molecule has 0 saturated carbocycles. The Morgan fingerprint density at radius 1 is 1.16 bits per heavy atom. The number of nitrogens with one attached hydrogen (secondary N) is 2. The Labute approximate surface area is 148 Å². The van der Waals surface area contributed by atoms with E-state index in [-0.39, 0.29) is 0 Å². The zero-order valence-electron chi connectivity index (χ0n) is 14.6. The van der Waals surface area contributed by atoms with Crippen molar-refractivity contribution in [1.29, 1.82) is 0 Å². The Bertz CT molecular complexity index is 978. The first-order valence-electron chi connectivity index (χ1n) is 8.66. The number of allylic oxidation sites excluding steroid dienone is 1. The van der Waals surface area contributed by atoms with Gasteiger partial charge >= 0.3 is 0 Å². The normalized spacial score (nSPS) is 13.4. The number of anilines is 1. The molecule has 25 heavy (non-hydrogen) atoms. The van der Waals surface area contributed by atoms with Gasteiger partial charge in [0.2, 0.25) is 0 Å². The van der Waals surface area contributed by atoms with Gasteiger partial charge in [-0.2, -0.15) is 0 Å². The first kappa shape index (κ1) is 15.6. The second-order valence-electron chi connectivity index (χ2n) is 6.70. The highest BCUT2D eigenvalue weighted by Crippen LogP contribution is 2.27. The zero-order valence-corrected chi connectivity index (χ0v) is 14.6. The molecule has 0 bridgehead atoms. The summed E-state index contributed by atoms with van der Waals surface area (Å²) in [6.07, 6.45) is 2.08. The first-order chi connectivity index (χ1) is 12.1. The van der Waals surface area contributed by atoms with Crippen LogP contribution in [0.4, 0.5) is 5.69 Å². The molecule has 0 atom stereocenters. The molecule has 0 saturated heterocycles. The van der Waals surface area contributed by atoms with Crippen LogP contribution in [0.5, 0.6) is 0 Å². The molecule has 0 fully saturated rings. The van der Waals surface area contributed by atoms with E-state index in [0.29, 0.717) is 0 Å². The molecule has 0 unspecified atom stereocenters. The van der Waals surface area contributed by atoms with Crippen molar-refractivity contribution in [3.05, 3.63) is 84.2 Å². The van der Waals surface area contributed by atoms with E-state index in [1.54, 1.807) is 0 Å². The minimum Gasteiger partial charge on any atom is -0.380 e. The van der Waals surface area contributed by atoms with Gasteiger partial charge in [0.15, 0.2) is 0 Å². The monoisotopic (exact) mass is 329 g/mol. The van der Waals surface area contributed by atoms with Gasteiger partial charge in [0.05, 0.1) is 11.4 Å². The van der Waals surface area contributed by atoms with Crippen molar-refractivity contribution in [3.8, 4) is 0 Å². The first-order valence-corrected chi connectivity index (χ1v) is 8.66. The van der Waals surface area contributed by atoms with Crippen LogP contribution in [0.1, 0.15) is 23.2 Å². The van der Waals surface area contributed by atoms with Gasteiger partial charge in [-0.25, -0.2) is 0 Å². The van der Waals surface area contributed by atoms with E-state index in [2.05, 4.69) is 83.9 Å². The Morgan fingerprint density at radius 3 is 2.84 bits per heavy atom. The second kappa shape index (κ2) is 6.17. The van der Waals surface area contributed by atoms with Crippen molar-refractivity contribution < 1.29 is 0 Å². The van der Waals surface area contributed by atoms with Crippen LogP contribution in [-0.2, 0) is 20.0 Å². The standard InChI is InChI=1S/C22H23N3/c1-15-8-10-18-11-9-17(12-20(18)24-15)14-23-16(2)22-13-19-6-4-5-7-21(19)25(22)3/h4-7,9,11-13,23-24H,1-2,8,10,14H2,3H3. The molecule has 0 radical (unpaired) electrons. The summed E-state index contributed by atoms with van der Waals surface area (Å²) in [6.45, 7) is 9.03. The molecule has 3 nitrogen and oxygen atoms in total. The quantitative estimate of drug-likeness (QED) is 0.719. The summed E-state index contributed by atoms with van der Waals surface area (Å²) in [4.78, 5) is 0. The van der Waals surface area contributed by atoms with E-state index in [0.717, 1.165) is 36.5 Å². The highest BCUT2D eigenvalue weighted by Gasteiger charge is 2.12. The lowest BCUT2D eigenvalue weighted by molar-refractivity contribution is 0.854. The number of benzene rings is 2. The lowest BCUT2D eigenvalue weighted by Crippen LogP contribution is -2.14. The summed E-state index contributed by atoms with van der Waals surface area (Å²) in [5.74, 6) is 0. The van der Waals surface area contributed by atoms with Crippen LogP contribution in [0.15, 0.2) is 67.4 Å². The van der Waals surface area contributed by atoms with E-state index < -0.39 is 0 Å². The molecule has 2 aromatic carbocycles. The van der Waals surface area contributed by atoms with Gasteiger partial charge in [0, 0.05) is 35.9 Å². The van der Waals surface area contributed by atoms with Crippen LogP contribution in [0.25, 0.3) is 16.6 Å². The average Bonchev–Trinajstić information content (AvgIpc) is 2.96. The number of rotatable bonds is 4. The fraction of sp³-hybridized carbons (Fsp3) is 0.182. The van der Waals surface area contributed by atoms with Gasteiger partial charge in [0.25, 0.3) is 0 Å². The van der Waals surface area contributed by atoms with Crippen molar-refractivity contribution in [2.45, 2.75) is 19.4 Å². The van der Waals surface area contributed by atoms with Gasteiger partial charge in [-0.1, -0.05) is 43.5 Å². The summed E-state index contributed by atoms with van der Waals surface area (Å²) in [6, 6.07) is 17.2. The van der Waals surface area contributed by atoms with Crippen molar-refractivity contribution in [2.24, 2.45) is 7.05 Å². The Balaban J connectivity index is 1.51. The van der Waals surface area contributed by atoms with Crippen LogP contribution in [0, 0.1) is 0 Å². The summed E-state index contributed by atoms with van der Waals surface area (Å²) in [5, 5.41) is 8.10. The SMILES string of the molecule is C=C1CCc2ccc(CNC(=C)c3cc4ccccc4n3C)cc2N1. The van der Waals surface area contributed by atoms with Crippen LogP contribution in [-0.4, -0.2) is 4.57 Å². The molecular weight excluding hydrogens is 306 g/mol. The zero-order chi connectivity index (χ0) is 17.4. The number of fused-ring (bicyclic) bond motifs is 2. The van der Waals surface area contributed by atoms with Crippen LogP contribution in [0.3, 0.4) is 0 Å². The predicted octanol–water partition coefficient (Wildman–Crippen LogP) is 4.81. The van der Waals surface area contributed by atoms with E-state index in [1.165, 1.54) is 27.7 Å². The van der Waals surface area contributed by atoms with E-state index in [4.69, 9.17) is 0 Å². The molecule has 2 N–H and O–H groups in total. The number of hydrogen-bond donors (Lipinski definition) is 2. The summed E-state index contributed by atoms with van der Waals surface area (Å²) in [7, 11) is 2.08. The maximum atomic E-state index is 4.23. The summed E-state index contributed by atoms with van der Waals surface area (Å²) < 4.78 is 2.18. The van der Waals surface area contributed by atoms with E-state index in [9.17, 15) is 0 Å². The number of para-hydroxylation sites is 1. The van der Waals surface area contributed by atoms with Crippen LogP contribution >= 0.6 is 0 Å². The third kappa shape index (κ3) is 2.93. The van der Waals surface area contributed by atoms with Crippen molar-refractivity contribution in [2.75, 3.05) is 5.32 Å². The minimum absolute atomic E-state index is 0.752. The maximum absolute atomic E-state index is 4.23. The lowest BCUT2D eigenvalue weighted by Gasteiger charge is -2.21. The molecule has 126 valence electrons. The smallest absolute Gasteiger partial charge is 0.0644 e. The molecule has 1 aliphatic heterocycles. The van der Waals surface area contributed by atoms with Crippen LogP contribution in [0.2, 0.25) is 0 Å². The molecule has 3 heteroatoms. The average molecular weight is 329 g/mol. The van der Waals surface area contributed by atoms with Gasteiger partial charge in [0.1, 0.15) is 0 Å². The number of aromatic nitrogens is 1. The largest absolute Gasteiger partial charge is 0.380 e. The highest BCUT2D eigenvalue weighted by atomic mass is 15.0. The molecule has 2 heterocycles. The van der Waals surface area contributed by atoms with Gasteiger partial charge < -0.3 is 15.2 Å². The van der Waals surface area contributed by atoms with E-state index >= 15 is 0 Å². The Kier molecular flexibility index (Phi) is 3.85. The van der Waals surface area contributed by atoms with Crippen molar-refractivity contribution in [3.63, 3.8) is 0 Å². The molecule has 1 aliphatic rings. The predicted molar refractivity (Wildman–Crippen MR) is 106 cm³/mol. The minimum atomic E-state index is 0.752. The number of hydrogen-bond acceptors (Lipinski definition) is 2. The fourth-order valence-electron chi connectivity index (χ4n) is 3.48. The van der Waals surface area contributed by atoms with Crippen LogP contribution < -0.4 is 10.6 Å². The summed E-state index contributed by atoms with van der Waals surface area (Å²) >= 11 is 0. The Morgan fingerprint density at radius 2 is 2.00 bits per heavy atom. The number of aryl methyl sites for hydroxylation is 2. The van der Waals surface area contributed by atoms with Gasteiger partial charge in [-0.05, 0) is 42.2 Å². The number of nitrogens with zero attached hydrogens (tertiary/aromatic N) is 1. The fourth-order valence-corrected chi connectivity index (χ4v) is 3.48. The van der Waals surface area contributed by atoms with E-state index in [1.807, 2.05) is 0 Å². The highest BCUT2D eigenvalue weighted by molar-refractivity contribution is 5.85.